The van der Waals surface area contributed by atoms with Crippen molar-refractivity contribution in [1.82, 2.24) is 4.31 Å². The summed E-state index contributed by atoms with van der Waals surface area (Å²) in [5.74, 6) is 1.42. The Morgan fingerprint density at radius 1 is 1.19 bits per heavy atom. The van der Waals surface area contributed by atoms with E-state index in [2.05, 4.69) is 0 Å². The highest BCUT2D eigenvalue weighted by molar-refractivity contribution is 7.88. The maximum absolute atomic E-state index is 12.3. The molecule has 1 aliphatic heterocycles. The monoisotopic (exact) mass is 389 g/mol. The molecule has 0 aliphatic carbocycles. The first-order chi connectivity index (χ1) is 12.7. The molecule has 1 unspecified atom stereocenters. The lowest BCUT2D eigenvalue weighted by atomic mass is 9.89. The maximum Gasteiger partial charge on any atom is 0.211 e. The van der Waals surface area contributed by atoms with Crippen molar-refractivity contribution in [1.29, 1.82) is 0 Å². The number of sulfonamides is 1. The van der Waals surface area contributed by atoms with Crippen LogP contribution < -0.4 is 9.47 Å². The van der Waals surface area contributed by atoms with Gasteiger partial charge in [0.1, 0.15) is 23.7 Å². The third kappa shape index (κ3) is 4.62. The Morgan fingerprint density at radius 3 is 2.52 bits per heavy atom. The van der Waals surface area contributed by atoms with E-state index >= 15 is 0 Å². The molecule has 1 atom stereocenters. The summed E-state index contributed by atoms with van der Waals surface area (Å²) < 4.78 is 38.2. The molecule has 2 aromatic rings. The van der Waals surface area contributed by atoms with Crippen LogP contribution in [0.1, 0.15) is 44.4 Å². The van der Waals surface area contributed by atoms with E-state index in [0.29, 0.717) is 31.1 Å². The van der Waals surface area contributed by atoms with Crippen LogP contribution in [0.15, 0.2) is 48.5 Å². The first kappa shape index (κ1) is 19.7. The summed E-state index contributed by atoms with van der Waals surface area (Å²) in [6.45, 7) is 6.70. The van der Waals surface area contributed by atoms with Gasteiger partial charge in [-0.25, -0.2) is 8.42 Å². The molecule has 0 aromatic heterocycles. The van der Waals surface area contributed by atoms with Crippen LogP contribution >= 0.6 is 0 Å². The van der Waals surface area contributed by atoms with E-state index in [1.165, 1.54) is 10.6 Å². The molecule has 27 heavy (non-hydrogen) atoms. The Balaban J connectivity index is 1.92. The largest absolute Gasteiger partial charge is 0.489 e. The van der Waals surface area contributed by atoms with Crippen molar-refractivity contribution >= 4 is 10.0 Å². The molecule has 6 heteroatoms. The van der Waals surface area contributed by atoms with Gasteiger partial charge >= 0.3 is 0 Å². The summed E-state index contributed by atoms with van der Waals surface area (Å²) in [7, 11) is -3.34. The van der Waals surface area contributed by atoms with Gasteiger partial charge in [0.25, 0.3) is 0 Å². The van der Waals surface area contributed by atoms with Gasteiger partial charge in [-0.15, -0.1) is 0 Å². The molecule has 0 radical (unpaired) electrons. The molecule has 1 aliphatic rings. The van der Waals surface area contributed by atoms with E-state index in [-0.39, 0.29) is 6.04 Å². The van der Waals surface area contributed by atoms with Gasteiger partial charge in [-0.2, -0.15) is 4.31 Å². The average Bonchev–Trinajstić information content (AvgIpc) is 2.59. The van der Waals surface area contributed by atoms with Crippen molar-refractivity contribution in [2.24, 2.45) is 0 Å². The third-order valence-electron chi connectivity index (χ3n) is 4.75. The topological polar surface area (TPSA) is 55.8 Å². The predicted molar refractivity (Wildman–Crippen MR) is 107 cm³/mol. The number of rotatable bonds is 6. The Kier molecular flexibility index (Phi) is 5.49. The van der Waals surface area contributed by atoms with Crippen LogP contribution in [0.2, 0.25) is 0 Å². The van der Waals surface area contributed by atoms with E-state index in [4.69, 9.17) is 9.47 Å². The second kappa shape index (κ2) is 7.52. The minimum Gasteiger partial charge on any atom is -0.489 e. The summed E-state index contributed by atoms with van der Waals surface area (Å²) >= 11 is 0. The van der Waals surface area contributed by atoms with Gasteiger partial charge in [-0.05, 0) is 37.6 Å². The van der Waals surface area contributed by atoms with Crippen molar-refractivity contribution in [3.63, 3.8) is 0 Å². The minimum atomic E-state index is -3.34. The normalized spacial score (nSPS) is 18.6. The highest BCUT2D eigenvalue weighted by Crippen LogP contribution is 2.44. The summed E-state index contributed by atoms with van der Waals surface area (Å²) in [5.41, 5.74) is 1.49. The lowest BCUT2D eigenvalue weighted by Crippen LogP contribution is -2.43. The quantitative estimate of drug-likeness (QED) is 0.745. The third-order valence-corrected chi connectivity index (χ3v) is 6.11. The van der Waals surface area contributed by atoms with Gasteiger partial charge in [-0.1, -0.05) is 37.3 Å². The van der Waals surface area contributed by atoms with Gasteiger partial charge < -0.3 is 9.47 Å². The van der Waals surface area contributed by atoms with Crippen LogP contribution in [0, 0.1) is 0 Å². The second-order valence-corrected chi connectivity index (χ2v) is 9.46. The molecule has 0 saturated carbocycles. The first-order valence-electron chi connectivity index (χ1n) is 9.16. The molecule has 0 bridgehead atoms. The minimum absolute atomic E-state index is 0.274. The molecule has 2 aromatic carbocycles. The molecule has 0 spiro atoms. The van der Waals surface area contributed by atoms with Gasteiger partial charge in [0.15, 0.2) is 0 Å². The number of ether oxygens (including phenoxy) is 2. The Morgan fingerprint density at radius 2 is 1.89 bits per heavy atom. The molecule has 0 saturated heterocycles. The van der Waals surface area contributed by atoms with Crippen LogP contribution in [0.5, 0.6) is 11.5 Å². The summed E-state index contributed by atoms with van der Waals surface area (Å²) in [4.78, 5) is 0. The number of hydrogen-bond acceptors (Lipinski definition) is 4. The zero-order valence-corrected chi connectivity index (χ0v) is 17.1. The SMILES string of the molecule is CCN(C1CC(C)(C)Oc2ccc(OCc3ccccc3)cc21)S(C)(=O)=O. The fraction of sp³-hybridized carbons (Fsp3) is 0.429. The fourth-order valence-corrected chi connectivity index (χ4v) is 4.69. The van der Waals surface area contributed by atoms with E-state index < -0.39 is 15.6 Å². The van der Waals surface area contributed by atoms with Gasteiger partial charge in [-0.3, -0.25) is 0 Å². The van der Waals surface area contributed by atoms with E-state index in [1.54, 1.807) is 0 Å². The number of nitrogens with zero attached hydrogens (tertiary/aromatic N) is 1. The molecule has 0 amide bonds. The molecular formula is C21H27NO4S. The molecule has 5 nitrogen and oxygen atoms in total. The van der Waals surface area contributed by atoms with Gasteiger partial charge in [0, 0.05) is 18.5 Å². The zero-order chi connectivity index (χ0) is 19.7. The second-order valence-electron chi connectivity index (χ2n) is 7.52. The van der Waals surface area contributed by atoms with E-state index in [9.17, 15) is 8.42 Å². The zero-order valence-electron chi connectivity index (χ0n) is 16.3. The highest BCUT2D eigenvalue weighted by Gasteiger charge is 2.39. The number of fused-ring (bicyclic) bond motifs is 1. The highest BCUT2D eigenvalue weighted by atomic mass is 32.2. The fourth-order valence-electron chi connectivity index (χ4n) is 3.57. The Labute approximate surface area is 162 Å². The Bertz CT molecular complexity index is 894. The molecule has 1 heterocycles. The van der Waals surface area contributed by atoms with Crippen LogP contribution in [-0.2, 0) is 16.6 Å². The molecular weight excluding hydrogens is 362 g/mol. The summed E-state index contributed by atoms with van der Waals surface area (Å²) in [6.07, 6.45) is 1.84. The average molecular weight is 390 g/mol. The number of hydrogen-bond donors (Lipinski definition) is 0. The van der Waals surface area contributed by atoms with Crippen LogP contribution in [-0.4, -0.2) is 31.1 Å². The molecule has 146 valence electrons. The standard InChI is InChI=1S/C21H27NO4S/c1-5-22(27(4,23)24)19-14-21(2,3)26-20-12-11-17(13-18(19)20)25-15-16-9-7-6-8-10-16/h6-13,19H,5,14-15H2,1-4H3. The van der Waals surface area contributed by atoms with Crippen molar-refractivity contribution in [3.05, 3.63) is 59.7 Å². The molecule has 0 fully saturated rings. The van der Waals surface area contributed by atoms with Gasteiger partial charge in [0.2, 0.25) is 10.0 Å². The van der Waals surface area contributed by atoms with Crippen molar-refractivity contribution in [2.75, 3.05) is 12.8 Å². The lowest BCUT2D eigenvalue weighted by Gasteiger charge is -2.41. The summed E-state index contributed by atoms with van der Waals surface area (Å²) in [5, 5.41) is 0. The van der Waals surface area contributed by atoms with E-state index in [0.717, 1.165) is 11.1 Å². The van der Waals surface area contributed by atoms with Crippen LogP contribution in [0.25, 0.3) is 0 Å². The lowest BCUT2D eigenvalue weighted by molar-refractivity contribution is 0.0510. The van der Waals surface area contributed by atoms with Gasteiger partial charge in [0.05, 0.1) is 12.3 Å². The van der Waals surface area contributed by atoms with E-state index in [1.807, 2.05) is 69.3 Å². The van der Waals surface area contributed by atoms with Crippen LogP contribution in [0.4, 0.5) is 0 Å². The Hall–Kier alpha value is -2.05. The summed E-state index contributed by atoms with van der Waals surface area (Å²) in [6, 6.07) is 15.3. The maximum atomic E-state index is 12.3. The first-order valence-corrected chi connectivity index (χ1v) is 11.0. The smallest absolute Gasteiger partial charge is 0.211 e. The predicted octanol–water partition coefficient (Wildman–Crippen LogP) is 4.15. The number of benzene rings is 2. The van der Waals surface area contributed by atoms with Crippen LogP contribution in [0.3, 0.4) is 0 Å². The molecule has 0 N–H and O–H groups in total. The molecule has 3 rings (SSSR count). The van der Waals surface area contributed by atoms with Crippen molar-refractivity contribution in [2.45, 2.75) is 45.4 Å². The van der Waals surface area contributed by atoms with Crippen molar-refractivity contribution in [3.8, 4) is 11.5 Å². The van der Waals surface area contributed by atoms with Crippen molar-refractivity contribution < 1.29 is 17.9 Å².